The Morgan fingerprint density at radius 2 is 2.10 bits per heavy atom. The molecule has 3 nitrogen and oxygen atoms in total. The first-order valence-corrected chi connectivity index (χ1v) is 8.96. The molecule has 0 saturated carbocycles. The van der Waals surface area contributed by atoms with Crippen LogP contribution in [0.15, 0.2) is 18.2 Å². The lowest BCUT2D eigenvalue weighted by Gasteiger charge is -2.35. The Balaban J connectivity index is 1.63. The van der Waals surface area contributed by atoms with Gasteiger partial charge in [0.1, 0.15) is 5.01 Å². The van der Waals surface area contributed by atoms with E-state index in [1.807, 2.05) is 11.3 Å². The Labute approximate surface area is 130 Å². The van der Waals surface area contributed by atoms with Gasteiger partial charge in [0, 0.05) is 6.04 Å². The molecule has 1 aromatic carbocycles. The minimum Gasteiger partial charge on any atom is -0.317 e. The molecular formula is C17H23N3S. The van der Waals surface area contributed by atoms with Crippen molar-refractivity contribution in [1.29, 1.82) is 0 Å². The fourth-order valence-electron chi connectivity index (χ4n) is 3.83. The van der Waals surface area contributed by atoms with Gasteiger partial charge in [-0.1, -0.05) is 6.07 Å². The van der Waals surface area contributed by atoms with Gasteiger partial charge in [0.05, 0.1) is 16.3 Å². The highest BCUT2D eigenvalue weighted by Gasteiger charge is 2.34. The number of benzene rings is 1. The largest absolute Gasteiger partial charge is 0.317 e. The lowest BCUT2D eigenvalue weighted by molar-refractivity contribution is 0.148. The van der Waals surface area contributed by atoms with Crippen LogP contribution in [0.4, 0.5) is 0 Å². The maximum atomic E-state index is 4.96. The zero-order valence-electron chi connectivity index (χ0n) is 12.6. The van der Waals surface area contributed by atoms with E-state index in [1.54, 1.807) is 0 Å². The quantitative estimate of drug-likeness (QED) is 0.920. The molecule has 0 spiro atoms. The summed E-state index contributed by atoms with van der Waals surface area (Å²) in [4.78, 5) is 7.70. The van der Waals surface area contributed by atoms with Gasteiger partial charge in [-0.05, 0) is 69.9 Å². The van der Waals surface area contributed by atoms with Crippen LogP contribution in [-0.4, -0.2) is 35.6 Å². The van der Waals surface area contributed by atoms with Crippen LogP contribution in [-0.2, 0) is 0 Å². The van der Waals surface area contributed by atoms with Gasteiger partial charge in [0.2, 0.25) is 0 Å². The predicted octanol–water partition coefficient (Wildman–Crippen LogP) is 3.49. The first kappa shape index (κ1) is 13.7. The number of piperidine rings is 1. The molecule has 2 aliphatic rings. The number of fused-ring (bicyclic) bond motifs is 1. The number of hydrogen-bond acceptors (Lipinski definition) is 4. The molecule has 0 aliphatic carbocycles. The number of aryl methyl sites for hydroxylation is 1. The highest BCUT2D eigenvalue weighted by Crippen LogP contribution is 2.39. The summed E-state index contributed by atoms with van der Waals surface area (Å²) in [5.41, 5.74) is 2.49. The van der Waals surface area contributed by atoms with E-state index >= 15 is 0 Å². The van der Waals surface area contributed by atoms with Crippen molar-refractivity contribution in [2.75, 3.05) is 19.6 Å². The molecule has 2 saturated heterocycles. The second-order valence-corrected chi connectivity index (χ2v) is 7.46. The van der Waals surface area contributed by atoms with Crippen LogP contribution in [0.2, 0.25) is 0 Å². The summed E-state index contributed by atoms with van der Waals surface area (Å²) in [7, 11) is 0. The maximum Gasteiger partial charge on any atom is 0.111 e. The number of aromatic nitrogens is 1. The summed E-state index contributed by atoms with van der Waals surface area (Å²) in [6.07, 6.45) is 5.19. The van der Waals surface area contributed by atoms with Crippen molar-refractivity contribution >= 4 is 21.6 Å². The highest BCUT2D eigenvalue weighted by atomic mass is 32.1. The summed E-state index contributed by atoms with van der Waals surface area (Å²) in [6, 6.07) is 7.97. The molecule has 3 heterocycles. The molecule has 112 valence electrons. The second-order valence-electron chi connectivity index (χ2n) is 6.40. The molecule has 0 radical (unpaired) electrons. The van der Waals surface area contributed by atoms with Crippen molar-refractivity contribution in [3.05, 3.63) is 28.8 Å². The Morgan fingerprint density at radius 1 is 1.24 bits per heavy atom. The molecule has 2 aliphatic heterocycles. The number of nitrogens with zero attached hydrogens (tertiary/aromatic N) is 2. The van der Waals surface area contributed by atoms with Crippen molar-refractivity contribution in [2.45, 2.75) is 44.7 Å². The van der Waals surface area contributed by atoms with Crippen LogP contribution in [0.1, 0.15) is 42.3 Å². The predicted molar refractivity (Wildman–Crippen MR) is 88.9 cm³/mol. The zero-order valence-corrected chi connectivity index (χ0v) is 13.5. The van der Waals surface area contributed by atoms with Crippen LogP contribution < -0.4 is 5.32 Å². The number of hydrogen-bond donors (Lipinski definition) is 1. The Morgan fingerprint density at radius 3 is 2.95 bits per heavy atom. The fourth-order valence-corrected chi connectivity index (χ4v) is 4.93. The molecule has 1 atom stereocenters. The first-order chi connectivity index (χ1) is 10.3. The smallest absolute Gasteiger partial charge is 0.111 e. The molecule has 4 heteroatoms. The van der Waals surface area contributed by atoms with E-state index in [0.29, 0.717) is 6.04 Å². The minimum absolute atomic E-state index is 0.561. The summed E-state index contributed by atoms with van der Waals surface area (Å²) in [6.45, 7) is 5.75. The number of rotatable bonds is 2. The van der Waals surface area contributed by atoms with Gasteiger partial charge in [0.15, 0.2) is 0 Å². The summed E-state index contributed by atoms with van der Waals surface area (Å²) in [5.74, 6) is 0. The monoisotopic (exact) mass is 301 g/mol. The Bertz CT molecular complexity index is 630. The third-order valence-electron chi connectivity index (χ3n) is 4.92. The topological polar surface area (TPSA) is 28.2 Å². The van der Waals surface area contributed by atoms with Crippen LogP contribution in [0.5, 0.6) is 0 Å². The van der Waals surface area contributed by atoms with E-state index in [9.17, 15) is 0 Å². The van der Waals surface area contributed by atoms with Gasteiger partial charge < -0.3 is 5.32 Å². The van der Waals surface area contributed by atoms with E-state index in [0.717, 1.165) is 6.04 Å². The van der Waals surface area contributed by atoms with Gasteiger partial charge in [-0.2, -0.15) is 0 Å². The number of nitrogens with one attached hydrogen (secondary N) is 1. The van der Waals surface area contributed by atoms with Gasteiger partial charge in [0.25, 0.3) is 0 Å². The van der Waals surface area contributed by atoms with Crippen molar-refractivity contribution in [3.8, 4) is 0 Å². The van der Waals surface area contributed by atoms with Gasteiger partial charge >= 0.3 is 0 Å². The molecule has 2 aromatic rings. The maximum absolute atomic E-state index is 4.96. The fraction of sp³-hybridized carbons (Fsp3) is 0.588. The molecule has 21 heavy (non-hydrogen) atoms. The van der Waals surface area contributed by atoms with Gasteiger partial charge in [-0.25, -0.2) is 4.98 Å². The minimum atomic E-state index is 0.561. The number of likely N-dealkylation sites (tertiary alicyclic amines) is 1. The SMILES string of the molecule is Cc1ccc2sc(C3CCCN3C3CCNCC3)nc2c1. The van der Waals surface area contributed by atoms with Crippen LogP contribution >= 0.6 is 11.3 Å². The van der Waals surface area contributed by atoms with Crippen LogP contribution in [0.3, 0.4) is 0 Å². The van der Waals surface area contributed by atoms with Gasteiger partial charge in [-0.3, -0.25) is 4.90 Å². The van der Waals surface area contributed by atoms with E-state index < -0.39 is 0 Å². The molecule has 0 bridgehead atoms. The second kappa shape index (κ2) is 5.67. The average molecular weight is 301 g/mol. The van der Waals surface area contributed by atoms with Crippen LogP contribution in [0.25, 0.3) is 10.2 Å². The van der Waals surface area contributed by atoms with Crippen molar-refractivity contribution < 1.29 is 0 Å². The molecular weight excluding hydrogens is 278 g/mol. The molecule has 1 N–H and O–H groups in total. The average Bonchev–Trinajstić information content (AvgIpc) is 3.13. The zero-order chi connectivity index (χ0) is 14.2. The summed E-state index contributed by atoms with van der Waals surface area (Å²) >= 11 is 1.90. The Kier molecular flexibility index (Phi) is 3.69. The van der Waals surface area contributed by atoms with E-state index in [-0.39, 0.29) is 0 Å². The Hall–Kier alpha value is -0.970. The normalized spacial score (nSPS) is 24.9. The highest BCUT2D eigenvalue weighted by molar-refractivity contribution is 7.18. The van der Waals surface area contributed by atoms with Crippen molar-refractivity contribution in [2.24, 2.45) is 0 Å². The van der Waals surface area contributed by atoms with Gasteiger partial charge in [-0.15, -0.1) is 11.3 Å². The lowest BCUT2D eigenvalue weighted by Crippen LogP contribution is -2.42. The molecule has 0 amide bonds. The lowest BCUT2D eigenvalue weighted by atomic mass is 10.0. The van der Waals surface area contributed by atoms with Crippen LogP contribution in [0, 0.1) is 6.92 Å². The molecule has 1 aromatic heterocycles. The van der Waals surface area contributed by atoms with E-state index in [1.165, 1.54) is 66.1 Å². The van der Waals surface area contributed by atoms with Crippen molar-refractivity contribution in [3.63, 3.8) is 0 Å². The number of thiazole rings is 1. The third kappa shape index (κ3) is 2.60. The summed E-state index contributed by atoms with van der Waals surface area (Å²) < 4.78 is 1.34. The molecule has 1 unspecified atom stereocenters. The third-order valence-corrected chi connectivity index (χ3v) is 6.05. The van der Waals surface area contributed by atoms with E-state index in [2.05, 4.69) is 35.3 Å². The molecule has 4 rings (SSSR count). The standard InChI is InChI=1S/C17H23N3S/c1-12-4-5-16-14(11-12)19-17(21-16)15-3-2-10-20(15)13-6-8-18-9-7-13/h4-5,11,13,15,18H,2-3,6-10H2,1H3. The molecule has 2 fully saturated rings. The summed E-state index contributed by atoms with van der Waals surface area (Å²) in [5, 5.41) is 4.82. The van der Waals surface area contributed by atoms with E-state index in [4.69, 9.17) is 4.98 Å². The van der Waals surface area contributed by atoms with Crippen molar-refractivity contribution in [1.82, 2.24) is 15.2 Å². The first-order valence-electron chi connectivity index (χ1n) is 8.15.